The SMILES string of the molecule is CC.CC.CC.CCOC(=O)Nc1c(C)cc(N2CCCC2)c(C)c1C.Cc1cc(N2CCCC2)c(C)c(C)c1C.Cc1ccc(N2CCCC2)c(C)c1N. The monoisotopic (exact) mass is 760 g/mol. The van der Waals surface area contributed by atoms with Crippen LogP contribution in [0.2, 0.25) is 0 Å². The summed E-state index contributed by atoms with van der Waals surface area (Å²) in [7, 11) is 0. The van der Waals surface area contributed by atoms with Gasteiger partial charge in [0.05, 0.1) is 12.3 Å². The third-order valence-electron chi connectivity index (χ3n) is 11.1. The number of carbonyl (C=O) groups is 1. The topological polar surface area (TPSA) is 74.1 Å². The van der Waals surface area contributed by atoms with Gasteiger partial charge in [0.25, 0.3) is 0 Å². The van der Waals surface area contributed by atoms with Crippen LogP contribution in [0.5, 0.6) is 0 Å². The second kappa shape index (κ2) is 25.3. The van der Waals surface area contributed by atoms with Crippen molar-refractivity contribution in [1.29, 1.82) is 0 Å². The summed E-state index contributed by atoms with van der Waals surface area (Å²) in [6, 6.07) is 8.86. The number of amides is 1. The number of hydrogen-bond acceptors (Lipinski definition) is 6. The highest BCUT2D eigenvalue weighted by Crippen LogP contribution is 2.34. The highest BCUT2D eigenvalue weighted by atomic mass is 16.5. The third kappa shape index (κ3) is 13.4. The molecule has 7 heteroatoms. The number of ether oxygens (including phenoxy) is 1. The Hall–Kier alpha value is -3.87. The Morgan fingerprint density at radius 1 is 0.545 bits per heavy atom. The molecule has 0 atom stereocenters. The Morgan fingerprint density at radius 3 is 1.38 bits per heavy atom. The molecule has 3 aliphatic rings. The van der Waals surface area contributed by atoms with Gasteiger partial charge < -0.3 is 25.2 Å². The van der Waals surface area contributed by atoms with Crippen LogP contribution in [0.25, 0.3) is 0 Å². The molecular weight excluding hydrogens is 679 g/mol. The minimum Gasteiger partial charge on any atom is -0.450 e. The van der Waals surface area contributed by atoms with Crippen LogP contribution in [0.3, 0.4) is 0 Å². The first-order chi connectivity index (χ1) is 26.3. The third-order valence-corrected chi connectivity index (χ3v) is 11.1. The van der Waals surface area contributed by atoms with Crippen molar-refractivity contribution >= 4 is 34.5 Å². The van der Waals surface area contributed by atoms with Gasteiger partial charge in [-0.25, -0.2) is 4.79 Å². The zero-order valence-electron chi connectivity index (χ0n) is 38.2. The van der Waals surface area contributed by atoms with E-state index in [2.05, 4.69) is 99.7 Å². The van der Waals surface area contributed by atoms with Crippen LogP contribution in [-0.4, -0.2) is 52.0 Å². The molecule has 3 saturated heterocycles. The first-order valence-corrected chi connectivity index (χ1v) is 21.6. The maximum absolute atomic E-state index is 11.6. The van der Waals surface area contributed by atoms with E-state index in [0.29, 0.717) is 6.61 Å². The van der Waals surface area contributed by atoms with Gasteiger partial charge in [0.1, 0.15) is 0 Å². The van der Waals surface area contributed by atoms with Gasteiger partial charge in [-0.1, -0.05) is 47.6 Å². The van der Waals surface area contributed by atoms with Gasteiger partial charge in [0.2, 0.25) is 0 Å². The molecule has 3 fully saturated rings. The molecule has 1 amide bonds. The van der Waals surface area contributed by atoms with Crippen LogP contribution in [0.15, 0.2) is 24.3 Å². The Morgan fingerprint density at radius 2 is 0.945 bits per heavy atom. The van der Waals surface area contributed by atoms with Crippen molar-refractivity contribution < 1.29 is 9.53 Å². The standard InChI is InChI=1S/C16H24N2O2.C14H21N.C12H18N2.3C2H6/c1-5-20-16(19)17-15-11(2)10-14(12(3)13(15)4)18-8-6-7-9-18;1-10-9-14(15-7-5-6-8-15)13(4)12(3)11(10)2;1-9-5-6-11(10(2)12(9)13)14-7-3-4-8-14;3*1-2/h10H,5-9H2,1-4H3,(H,17,19);9H,5-8H2,1-4H3;5-6H,3-4,7-8,13H2,1-2H3;3*1-2H3. The molecule has 3 N–H and O–H groups in total. The van der Waals surface area contributed by atoms with Crippen molar-refractivity contribution in [2.75, 3.05) is 71.6 Å². The Labute approximate surface area is 338 Å². The van der Waals surface area contributed by atoms with Crippen molar-refractivity contribution in [2.45, 2.75) is 149 Å². The van der Waals surface area contributed by atoms with E-state index < -0.39 is 0 Å². The smallest absolute Gasteiger partial charge is 0.411 e. The van der Waals surface area contributed by atoms with E-state index in [9.17, 15) is 4.79 Å². The molecular formula is C48H81N5O2. The van der Waals surface area contributed by atoms with Crippen molar-refractivity contribution in [1.82, 2.24) is 0 Å². The molecule has 0 spiro atoms. The number of anilines is 5. The lowest BCUT2D eigenvalue weighted by molar-refractivity contribution is 0.168. The normalized spacial score (nSPS) is 14.1. The van der Waals surface area contributed by atoms with Crippen LogP contribution >= 0.6 is 0 Å². The van der Waals surface area contributed by atoms with Crippen LogP contribution in [-0.2, 0) is 4.74 Å². The summed E-state index contributed by atoms with van der Waals surface area (Å²) in [5.74, 6) is 0. The quantitative estimate of drug-likeness (QED) is 0.252. The van der Waals surface area contributed by atoms with Gasteiger partial charge in [0.15, 0.2) is 0 Å². The fourth-order valence-corrected chi connectivity index (χ4v) is 7.44. The van der Waals surface area contributed by atoms with E-state index in [4.69, 9.17) is 10.5 Å². The molecule has 0 saturated carbocycles. The van der Waals surface area contributed by atoms with E-state index in [0.717, 1.165) is 35.6 Å². The summed E-state index contributed by atoms with van der Waals surface area (Å²) in [4.78, 5) is 19.0. The van der Waals surface area contributed by atoms with Gasteiger partial charge in [-0.15, -0.1) is 0 Å². The largest absolute Gasteiger partial charge is 0.450 e. The summed E-state index contributed by atoms with van der Waals surface area (Å²) in [5.41, 5.74) is 23.6. The molecule has 3 aliphatic heterocycles. The van der Waals surface area contributed by atoms with Gasteiger partial charge in [0, 0.05) is 62.0 Å². The number of aryl methyl sites for hydroxylation is 3. The predicted octanol–water partition coefficient (Wildman–Crippen LogP) is 12.9. The zero-order valence-corrected chi connectivity index (χ0v) is 38.2. The number of nitrogens with one attached hydrogen (secondary N) is 1. The lowest BCUT2D eigenvalue weighted by Gasteiger charge is -2.24. The van der Waals surface area contributed by atoms with Crippen LogP contribution in [0.1, 0.15) is 137 Å². The highest BCUT2D eigenvalue weighted by molar-refractivity contribution is 5.88. The lowest BCUT2D eigenvalue weighted by Crippen LogP contribution is -2.21. The van der Waals surface area contributed by atoms with E-state index in [1.165, 1.54) is 121 Å². The van der Waals surface area contributed by atoms with E-state index in [-0.39, 0.29) is 6.09 Å². The lowest BCUT2D eigenvalue weighted by atomic mass is 9.97. The van der Waals surface area contributed by atoms with E-state index in [1.807, 2.05) is 48.5 Å². The Balaban J connectivity index is 0.000000391. The summed E-state index contributed by atoms with van der Waals surface area (Å²) in [5, 5.41) is 2.86. The molecule has 0 bridgehead atoms. The molecule has 3 aromatic rings. The number of rotatable bonds is 5. The van der Waals surface area contributed by atoms with Gasteiger partial charge in [-0.05, 0) is 176 Å². The Bertz CT molecular complexity index is 1600. The molecule has 310 valence electrons. The van der Waals surface area contributed by atoms with Crippen LogP contribution in [0.4, 0.5) is 33.2 Å². The first kappa shape index (κ1) is 49.1. The molecule has 0 radical (unpaired) electrons. The summed E-state index contributed by atoms with van der Waals surface area (Å²) < 4.78 is 4.97. The molecule has 0 unspecified atom stereocenters. The number of nitrogens with zero attached hydrogens (tertiary/aromatic N) is 3. The molecule has 55 heavy (non-hydrogen) atoms. The number of benzene rings is 3. The van der Waals surface area contributed by atoms with Gasteiger partial charge >= 0.3 is 6.09 Å². The van der Waals surface area contributed by atoms with E-state index >= 15 is 0 Å². The van der Waals surface area contributed by atoms with Crippen LogP contribution < -0.4 is 25.8 Å². The van der Waals surface area contributed by atoms with E-state index in [1.54, 1.807) is 6.92 Å². The van der Waals surface area contributed by atoms with Crippen molar-refractivity contribution in [3.8, 4) is 0 Å². The highest BCUT2D eigenvalue weighted by Gasteiger charge is 2.20. The maximum Gasteiger partial charge on any atom is 0.411 e. The maximum atomic E-state index is 11.6. The minimum absolute atomic E-state index is 0.382. The molecule has 0 aliphatic carbocycles. The van der Waals surface area contributed by atoms with Crippen LogP contribution in [0, 0.1) is 62.3 Å². The summed E-state index contributed by atoms with van der Waals surface area (Å²) >= 11 is 0. The molecule has 6 rings (SSSR count). The van der Waals surface area contributed by atoms with Crippen molar-refractivity contribution in [3.05, 3.63) is 74.3 Å². The first-order valence-electron chi connectivity index (χ1n) is 21.6. The average Bonchev–Trinajstić information content (AvgIpc) is 4.03. The molecule has 7 nitrogen and oxygen atoms in total. The summed E-state index contributed by atoms with van der Waals surface area (Å²) in [6.45, 7) is 40.7. The Kier molecular flexibility index (Phi) is 22.6. The number of hydrogen-bond donors (Lipinski definition) is 2. The molecule has 3 heterocycles. The predicted molar refractivity (Wildman–Crippen MR) is 245 cm³/mol. The average molecular weight is 760 g/mol. The molecule has 3 aromatic carbocycles. The molecule has 0 aromatic heterocycles. The second-order valence-electron chi connectivity index (χ2n) is 14.3. The van der Waals surface area contributed by atoms with Crippen molar-refractivity contribution in [2.24, 2.45) is 0 Å². The minimum atomic E-state index is -0.382. The number of nitrogen functional groups attached to an aromatic ring is 1. The summed E-state index contributed by atoms with van der Waals surface area (Å²) in [6.07, 6.45) is 7.48. The number of nitrogens with two attached hydrogens (primary N) is 1. The van der Waals surface area contributed by atoms with Gasteiger partial charge in [-0.2, -0.15) is 0 Å². The fraction of sp³-hybridized carbons (Fsp3) is 0.604. The fourth-order valence-electron chi connectivity index (χ4n) is 7.44. The zero-order chi connectivity index (χ0) is 41.8. The number of carbonyl (C=O) groups excluding carboxylic acids is 1. The second-order valence-corrected chi connectivity index (χ2v) is 14.3. The van der Waals surface area contributed by atoms with Crippen molar-refractivity contribution in [3.63, 3.8) is 0 Å². The van der Waals surface area contributed by atoms with Gasteiger partial charge in [-0.3, -0.25) is 5.32 Å².